The minimum absolute atomic E-state index is 0.0669. The molecule has 162 valence electrons. The van der Waals surface area contributed by atoms with Gasteiger partial charge >= 0.3 is 0 Å². The van der Waals surface area contributed by atoms with E-state index in [0.717, 1.165) is 16.5 Å². The van der Waals surface area contributed by atoms with Crippen LogP contribution in [-0.4, -0.2) is 18.0 Å². The summed E-state index contributed by atoms with van der Waals surface area (Å²) >= 11 is 0. The van der Waals surface area contributed by atoms with Gasteiger partial charge in [-0.25, -0.2) is 4.39 Å². The van der Waals surface area contributed by atoms with E-state index in [9.17, 15) is 14.0 Å². The number of aryl methyl sites for hydroxylation is 2. The van der Waals surface area contributed by atoms with Crippen molar-refractivity contribution in [3.63, 3.8) is 0 Å². The van der Waals surface area contributed by atoms with Crippen LogP contribution in [0.3, 0.4) is 0 Å². The van der Waals surface area contributed by atoms with Crippen molar-refractivity contribution < 1.29 is 13.9 Å². The van der Waals surface area contributed by atoms with Crippen LogP contribution >= 0.6 is 0 Å². The number of nitrogens with zero attached hydrogens (tertiary/aromatic N) is 1. The van der Waals surface area contributed by atoms with E-state index in [1.54, 1.807) is 24.1 Å². The fourth-order valence-corrected chi connectivity index (χ4v) is 3.76. The monoisotopic (exact) mass is 430 g/mol. The minimum atomic E-state index is -0.416. The van der Waals surface area contributed by atoms with Crippen LogP contribution in [0, 0.1) is 19.7 Å². The van der Waals surface area contributed by atoms with Gasteiger partial charge in [0.2, 0.25) is 0 Å². The molecule has 32 heavy (non-hydrogen) atoms. The fourth-order valence-electron chi connectivity index (χ4n) is 3.76. The second-order valence-electron chi connectivity index (χ2n) is 7.77. The Morgan fingerprint density at radius 2 is 1.75 bits per heavy atom. The number of amides is 1. The highest BCUT2D eigenvalue weighted by Crippen LogP contribution is 2.26. The average molecular weight is 430 g/mol. The van der Waals surface area contributed by atoms with Gasteiger partial charge in [0, 0.05) is 22.9 Å². The lowest BCUT2D eigenvalue weighted by molar-refractivity contribution is 0.0985. The number of rotatable bonds is 5. The summed E-state index contributed by atoms with van der Waals surface area (Å²) in [6.07, 6.45) is 0. The summed E-state index contributed by atoms with van der Waals surface area (Å²) in [7, 11) is 1.57. The molecule has 1 amide bonds. The van der Waals surface area contributed by atoms with Crippen molar-refractivity contribution >= 4 is 22.5 Å². The molecule has 1 N–H and O–H groups in total. The van der Waals surface area contributed by atoms with Gasteiger partial charge in [0.1, 0.15) is 11.6 Å². The van der Waals surface area contributed by atoms with Crippen molar-refractivity contribution in [2.75, 3.05) is 12.0 Å². The molecule has 1 aromatic heterocycles. The van der Waals surface area contributed by atoms with Crippen LogP contribution in [0.25, 0.3) is 10.9 Å². The predicted molar refractivity (Wildman–Crippen MR) is 124 cm³/mol. The SMILES string of the molecule is COc1ccc2cc(CN(C(=O)c3ccc(F)cc3)c3ccc(C)cc3C)c(=O)[nH]c2c1. The van der Waals surface area contributed by atoms with Gasteiger partial charge in [-0.3, -0.25) is 9.59 Å². The van der Waals surface area contributed by atoms with Gasteiger partial charge in [-0.15, -0.1) is 0 Å². The van der Waals surface area contributed by atoms with E-state index in [-0.39, 0.29) is 18.0 Å². The van der Waals surface area contributed by atoms with E-state index >= 15 is 0 Å². The molecule has 0 atom stereocenters. The summed E-state index contributed by atoms with van der Waals surface area (Å²) in [6, 6.07) is 18.4. The number of ether oxygens (including phenoxy) is 1. The van der Waals surface area contributed by atoms with Crippen LogP contribution in [0.5, 0.6) is 5.75 Å². The number of aromatic amines is 1. The first kappa shape index (κ1) is 21.3. The molecule has 0 aliphatic rings. The number of anilines is 1. The zero-order valence-corrected chi connectivity index (χ0v) is 18.1. The van der Waals surface area contributed by atoms with Crippen LogP contribution in [0.15, 0.2) is 71.5 Å². The van der Waals surface area contributed by atoms with Crippen molar-refractivity contribution in [1.29, 1.82) is 0 Å². The lowest BCUT2D eigenvalue weighted by Gasteiger charge is -2.25. The van der Waals surface area contributed by atoms with E-state index in [0.29, 0.717) is 28.1 Å². The second kappa shape index (κ2) is 8.67. The third kappa shape index (κ3) is 4.25. The highest BCUT2D eigenvalue weighted by atomic mass is 19.1. The third-order valence-electron chi connectivity index (χ3n) is 5.44. The molecule has 0 bridgehead atoms. The highest BCUT2D eigenvalue weighted by Gasteiger charge is 2.21. The number of pyridine rings is 1. The largest absolute Gasteiger partial charge is 0.497 e. The molecule has 0 saturated heterocycles. The Kier molecular flexibility index (Phi) is 5.77. The molecular formula is C26H23FN2O3. The molecular weight excluding hydrogens is 407 g/mol. The Morgan fingerprint density at radius 3 is 2.44 bits per heavy atom. The van der Waals surface area contributed by atoms with Crippen molar-refractivity contribution in [1.82, 2.24) is 4.98 Å². The minimum Gasteiger partial charge on any atom is -0.497 e. The molecule has 0 radical (unpaired) electrons. The number of hydrogen-bond donors (Lipinski definition) is 1. The van der Waals surface area contributed by atoms with Crippen LogP contribution in [0.2, 0.25) is 0 Å². The van der Waals surface area contributed by atoms with Crippen molar-refractivity contribution in [2.45, 2.75) is 20.4 Å². The standard InChI is InChI=1S/C26H23FN2O3/c1-16-4-11-24(17(2)12-16)29(26(31)18-5-8-21(27)9-6-18)15-20-13-19-7-10-22(32-3)14-23(19)28-25(20)30/h4-14H,15H2,1-3H3,(H,28,30). The Bertz CT molecular complexity index is 1360. The van der Waals surface area contributed by atoms with Crippen LogP contribution < -0.4 is 15.2 Å². The first-order valence-electron chi connectivity index (χ1n) is 10.2. The summed E-state index contributed by atoms with van der Waals surface area (Å²) in [6.45, 7) is 3.97. The molecule has 0 aliphatic carbocycles. The molecule has 3 aromatic carbocycles. The maximum atomic E-state index is 13.4. The maximum absolute atomic E-state index is 13.4. The van der Waals surface area contributed by atoms with Gasteiger partial charge in [-0.1, -0.05) is 17.7 Å². The maximum Gasteiger partial charge on any atom is 0.258 e. The normalized spacial score (nSPS) is 10.9. The predicted octanol–water partition coefficient (Wildman–Crippen LogP) is 5.14. The smallest absolute Gasteiger partial charge is 0.258 e. The van der Waals surface area contributed by atoms with E-state index in [1.165, 1.54) is 24.3 Å². The molecule has 4 rings (SSSR count). The average Bonchev–Trinajstić information content (AvgIpc) is 2.78. The van der Waals surface area contributed by atoms with Crippen LogP contribution in [0.4, 0.5) is 10.1 Å². The van der Waals surface area contributed by atoms with E-state index < -0.39 is 5.82 Å². The van der Waals surface area contributed by atoms with Crippen LogP contribution in [0.1, 0.15) is 27.0 Å². The Labute approximate surface area is 185 Å². The molecule has 1 heterocycles. The number of nitrogens with one attached hydrogen (secondary N) is 1. The highest BCUT2D eigenvalue weighted by molar-refractivity contribution is 6.06. The molecule has 4 aromatic rings. The van der Waals surface area contributed by atoms with Gasteiger partial charge in [-0.05, 0) is 73.3 Å². The number of hydrogen-bond acceptors (Lipinski definition) is 3. The molecule has 0 spiro atoms. The van der Waals surface area contributed by atoms with Crippen LogP contribution in [-0.2, 0) is 6.54 Å². The summed E-state index contributed by atoms with van der Waals surface area (Å²) in [5.74, 6) is -0.0866. The molecule has 5 nitrogen and oxygen atoms in total. The Hall–Kier alpha value is -3.93. The number of carbonyl (C=O) groups is 1. The van der Waals surface area contributed by atoms with E-state index in [1.807, 2.05) is 44.2 Å². The summed E-state index contributed by atoms with van der Waals surface area (Å²) in [5, 5.41) is 0.829. The molecule has 0 aliphatic heterocycles. The third-order valence-corrected chi connectivity index (χ3v) is 5.44. The number of benzene rings is 3. The van der Waals surface area contributed by atoms with E-state index in [4.69, 9.17) is 4.74 Å². The number of methoxy groups -OCH3 is 1. The zero-order chi connectivity index (χ0) is 22.8. The second-order valence-corrected chi connectivity index (χ2v) is 7.77. The summed E-state index contributed by atoms with van der Waals surface area (Å²) in [5.41, 5.74) is 3.82. The summed E-state index contributed by atoms with van der Waals surface area (Å²) in [4.78, 5) is 30.7. The van der Waals surface area contributed by atoms with Crippen molar-refractivity contribution in [3.05, 3.63) is 105 Å². The van der Waals surface area contributed by atoms with Gasteiger partial charge in [0.05, 0.1) is 19.2 Å². The first-order chi connectivity index (χ1) is 15.4. The first-order valence-corrected chi connectivity index (χ1v) is 10.2. The number of aromatic nitrogens is 1. The zero-order valence-electron chi connectivity index (χ0n) is 18.1. The molecule has 6 heteroatoms. The molecule has 0 fully saturated rings. The number of carbonyl (C=O) groups excluding carboxylic acids is 1. The summed E-state index contributed by atoms with van der Waals surface area (Å²) < 4.78 is 18.6. The van der Waals surface area contributed by atoms with Crippen molar-refractivity contribution in [3.8, 4) is 5.75 Å². The van der Waals surface area contributed by atoms with Gasteiger partial charge in [0.15, 0.2) is 0 Å². The molecule has 0 unspecified atom stereocenters. The van der Waals surface area contributed by atoms with Crippen molar-refractivity contribution in [2.24, 2.45) is 0 Å². The lowest BCUT2D eigenvalue weighted by atomic mass is 10.1. The van der Waals surface area contributed by atoms with Gasteiger partial charge in [0.25, 0.3) is 11.5 Å². The van der Waals surface area contributed by atoms with E-state index in [2.05, 4.69) is 4.98 Å². The Morgan fingerprint density at radius 1 is 1.00 bits per heavy atom. The van der Waals surface area contributed by atoms with Gasteiger partial charge in [-0.2, -0.15) is 0 Å². The quantitative estimate of drug-likeness (QED) is 0.477. The topological polar surface area (TPSA) is 62.4 Å². The Balaban J connectivity index is 1.79. The van der Waals surface area contributed by atoms with Gasteiger partial charge < -0.3 is 14.6 Å². The number of H-pyrrole nitrogens is 1. The number of fused-ring (bicyclic) bond motifs is 1. The fraction of sp³-hybridized carbons (Fsp3) is 0.154. The lowest BCUT2D eigenvalue weighted by Crippen LogP contribution is -2.33. The molecule has 0 saturated carbocycles. The number of halogens is 1.